The Balaban J connectivity index is 0.00000112. The number of halogens is 3. The second kappa shape index (κ2) is 12.7. The van der Waals surface area contributed by atoms with E-state index in [-0.39, 0.29) is 23.0 Å². The molecule has 2 aromatic heterocycles. The Morgan fingerprint density at radius 2 is 1.86 bits per heavy atom. The van der Waals surface area contributed by atoms with Crippen molar-refractivity contribution in [2.45, 2.75) is 59.5 Å². The quantitative estimate of drug-likeness (QED) is 0.373. The van der Waals surface area contributed by atoms with Gasteiger partial charge in [0.1, 0.15) is 17.2 Å². The topological polar surface area (TPSA) is 122 Å². The van der Waals surface area contributed by atoms with Crippen LogP contribution in [0.1, 0.15) is 68.4 Å². The highest BCUT2D eigenvalue weighted by molar-refractivity contribution is 7.16. The molecule has 1 aliphatic rings. The number of nitrogens with one attached hydrogen (secondary N) is 1. The van der Waals surface area contributed by atoms with E-state index in [1.165, 1.54) is 18.0 Å². The zero-order chi connectivity index (χ0) is 27.9. The Morgan fingerprint density at radius 1 is 1.22 bits per heavy atom. The van der Waals surface area contributed by atoms with Crippen molar-refractivity contribution in [2.24, 2.45) is 0 Å². The molecule has 0 atom stereocenters. The van der Waals surface area contributed by atoms with E-state index < -0.39 is 19.2 Å². The summed E-state index contributed by atoms with van der Waals surface area (Å²) in [5.41, 5.74) is 0.601. The van der Waals surface area contributed by atoms with E-state index in [9.17, 15) is 32.4 Å². The average Bonchev–Trinajstić information content (AvgIpc) is 3.10. The molecule has 9 nitrogen and oxygen atoms in total. The lowest BCUT2D eigenvalue weighted by atomic mass is 10.00. The monoisotopic (exact) mass is 540 g/mol. The number of nitrogens with zero attached hydrogens (tertiary/aromatic N) is 3. The van der Waals surface area contributed by atoms with Gasteiger partial charge in [-0.15, -0.1) is 0 Å². The van der Waals surface area contributed by atoms with Crippen molar-refractivity contribution < 1.29 is 37.2 Å². The fourth-order valence-electron chi connectivity index (χ4n) is 3.38. The van der Waals surface area contributed by atoms with Gasteiger partial charge in [0.05, 0.1) is 10.6 Å². The third kappa shape index (κ3) is 8.59. The van der Waals surface area contributed by atoms with E-state index >= 15 is 0 Å². The molecule has 2 aromatic rings. The third-order valence-electron chi connectivity index (χ3n) is 4.81. The number of carbonyl (C=O) groups excluding carboxylic acids is 3. The number of fused-ring (bicyclic) bond motifs is 1. The highest BCUT2D eigenvalue weighted by Gasteiger charge is 2.27. The molecule has 1 aliphatic carbocycles. The van der Waals surface area contributed by atoms with Gasteiger partial charge < -0.3 is 15.2 Å². The normalized spacial score (nSPS) is 13.0. The Hall–Kier alpha value is -3.42. The standard InChI is InChI=1S/C23H28N4O5S.BF3/c1-6-27(22(31)32-23(3,4)5)17-11-10-14(12-24-17)18(29)15-8-7-9-16-20(19(15)30)33-21(26-16)25-13(2)28;2-1(3)4/h10-12,30H,6-9H2,1-5H3,(H,25,26,28);. The summed E-state index contributed by atoms with van der Waals surface area (Å²) in [6.07, 6.45) is 2.49. The first kappa shape index (κ1) is 29.8. The summed E-state index contributed by atoms with van der Waals surface area (Å²) in [5, 5.41) is 13.9. The van der Waals surface area contributed by atoms with Crippen LogP contribution in [0.15, 0.2) is 23.9 Å². The van der Waals surface area contributed by atoms with Crippen LogP contribution in [-0.4, -0.2) is 52.5 Å². The number of aromatic nitrogens is 2. The van der Waals surface area contributed by atoms with Crippen LogP contribution in [0.25, 0.3) is 5.76 Å². The van der Waals surface area contributed by atoms with Crippen molar-refractivity contribution in [2.75, 3.05) is 16.8 Å². The summed E-state index contributed by atoms with van der Waals surface area (Å²) >= 11 is 1.14. The number of hydrogen-bond acceptors (Lipinski definition) is 8. The van der Waals surface area contributed by atoms with Crippen LogP contribution in [0.3, 0.4) is 0 Å². The number of pyridine rings is 1. The van der Waals surface area contributed by atoms with Gasteiger partial charge in [-0.2, -0.15) is 0 Å². The molecule has 3 rings (SSSR count). The summed E-state index contributed by atoms with van der Waals surface area (Å²) in [6, 6.07) is 3.17. The minimum Gasteiger partial charge on any atom is -0.506 e. The van der Waals surface area contributed by atoms with Gasteiger partial charge in [-0.1, -0.05) is 11.3 Å². The number of Topliss-reactive ketones (excluding diaryl/α,β-unsaturated/α-hetero) is 1. The van der Waals surface area contributed by atoms with Crippen LogP contribution in [0, 0.1) is 0 Å². The lowest BCUT2D eigenvalue weighted by Gasteiger charge is -2.25. The number of ether oxygens (including phenoxy) is 1. The number of ketones is 1. The van der Waals surface area contributed by atoms with Gasteiger partial charge >= 0.3 is 13.6 Å². The molecule has 14 heteroatoms. The van der Waals surface area contributed by atoms with E-state index in [1.54, 1.807) is 39.8 Å². The Bertz CT molecular complexity index is 1160. The number of rotatable bonds is 5. The molecule has 200 valence electrons. The van der Waals surface area contributed by atoms with Crippen molar-refractivity contribution in [3.8, 4) is 0 Å². The highest BCUT2D eigenvalue weighted by atomic mass is 32.1. The van der Waals surface area contributed by atoms with Crippen molar-refractivity contribution in [1.82, 2.24) is 9.97 Å². The molecule has 0 saturated carbocycles. The number of carbonyl (C=O) groups is 3. The number of allylic oxidation sites excluding steroid dienone is 1. The summed E-state index contributed by atoms with van der Waals surface area (Å²) in [4.78, 5) is 47.5. The molecule has 2 N–H and O–H groups in total. The molecule has 2 amide bonds. The summed E-state index contributed by atoms with van der Waals surface area (Å²) < 4.78 is 34.4. The molecule has 0 radical (unpaired) electrons. The Labute approximate surface area is 217 Å². The molecule has 0 spiro atoms. The van der Waals surface area contributed by atoms with Crippen molar-refractivity contribution >= 4 is 53.4 Å². The van der Waals surface area contributed by atoms with Gasteiger partial charge in [0, 0.05) is 30.8 Å². The van der Waals surface area contributed by atoms with Crippen LogP contribution in [-0.2, 0) is 16.0 Å². The summed E-state index contributed by atoms with van der Waals surface area (Å²) in [7, 11) is -3.67. The van der Waals surface area contributed by atoms with Gasteiger partial charge in [0.2, 0.25) is 5.91 Å². The zero-order valence-corrected chi connectivity index (χ0v) is 21.9. The number of thiazole rings is 1. The first-order valence-corrected chi connectivity index (χ1v) is 12.2. The van der Waals surface area contributed by atoms with Gasteiger partial charge in [0.25, 0.3) is 0 Å². The molecule has 0 aromatic carbocycles. The number of aryl methyl sites for hydroxylation is 1. The van der Waals surface area contributed by atoms with Crippen LogP contribution in [0.5, 0.6) is 0 Å². The van der Waals surface area contributed by atoms with E-state index in [0.717, 1.165) is 11.3 Å². The molecule has 0 aliphatic heterocycles. The summed E-state index contributed by atoms with van der Waals surface area (Å²) in [6.45, 7) is 8.90. The molecule has 0 fully saturated rings. The molecular formula is C23H28BF3N4O5S. The highest BCUT2D eigenvalue weighted by Crippen LogP contribution is 2.36. The second-order valence-corrected chi connectivity index (χ2v) is 9.86. The number of hydrogen-bond donors (Lipinski definition) is 2. The minimum absolute atomic E-state index is 0.116. The fraction of sp³-hybridized carbons (Fsp3) is 0.435. The van der Waals surface area contributed by atoms with Crippen LogP contribution < -0.4 is 10.2 Å². The average molecular weight is 540 g/mol. The fourth-order valence-corrected chi connectivity index (χ4v) is 4.40. The maximum Gasteiger partial charge on any atom is 0.762 e. The third-order valence-corrected chi connectivity index (χ3v) is 5.83. The summed E-state index contributed by atoms with van der Waals surface area (Å²) in [5.74, 6) is -0.340. The number of aliphatic hydroxyl groups excluding tert-OH is 1. The van der Waals surface area contributed by atoms with Gasteiger partial charge in [-0.25, -0.2) is 14.8 Å². The van der Waals surface area contributed by atoms with E-state index in [4.69, 9.17) is 4.74 Å². The van der Waals surface area contributed by atoms with E-state index in [2.05, 4.69) is 15.3 Å². The first-order valence-electron chi connectivity index (χ1n) is 11.4. The van der Waals surface area contributed by atoms with Crippen LogP contribution >= 0.6 is 11.3 Å². The van der Waals surface area contributed by atoms with Gasteiger partial charge in [0.15, 0.2) is 10.9 Å². The Morgan fingerprint density at radius 3 is 2.38 bits per heavy atom. The molecule has 0 unspecified atom stereocenters. The maximum atomic E-state index is 13.2. The van der Waals surface area contributed by atoms with E-state index in [0.29, 0.717) is 52.9 Å². The lowest BCUT2D eigenvalue weighted by molar-refractivity contribution is -0.114. The van der Waals surface area contributed by atoms with Gasteiger partial charge in [-0.05, 0) is 59.1 Å². The molecule has 0 bridgehead atoms. The first-order chi connectivity index (χ1) is 17.2. The van der Waals surface area contributed by atoms with Crippen molar-refractivity contribution in [3.05, 3.63) is 40.0 Å². The SMILES string of the molecule is CCN(C(=O)OC(C)(C)C)c1ccc(C(=O)C2=C(O)c3sc(NC(C)=O)nc3CCC2)cn1.FB(F)F. The van der Waals surface area contributed by atoms with Crippen LogP contribution in [0.2, 0.25) is 0 Å². The van der Waals surface area contributed by atoms with Crippen molar-refractivity contribution in [3.63, 3.8) is 0 Å². The Kier molecular flexibility index (Phi) is 10.2. The molecule has 37 heavy (non-hydrogen) atoms. The van der Waals surface area contributed by atoms with Crippen LogP contribution in [0.4, 0.5) is 28.7 Å². The number of aliphatic hydroxyl groups is 1. The second-order valence-electron chi connectivity index (χ2n) is 8.86. The predicted octanol–water partition coefficient (Wildman–Crippen LogP) is 5.63. The predicted molar refractivity (Wildman–Crippen MR) is 136 cm³/mol. The molecular weight excluding hydrogens is 512 g/mol. The number of amides is 2. The lowest BCUT2D eigenvalue weighted by Crippen LogP contribution is -2.37. The zero-order valence-electron chi connectivity index (χ0n) is 21.1. The molecule has 0 saturated heterocycles. The number of anilines is 2. The largest absolute Gasteiger partial charge is 0.762 e. The smallest absolute Gasteiger partial charge is 0.506 e. The van der Waals surface area contributed by atoms with Crippen molar-refractivity contribution in [1.29, 1.82) is 0 Å². The maximum absolute atomic E-state index is 13.2. The van der Waals surface area contributed by atoms with Gasteiger partial charge in [-0.3, -0.25) is 27.4 Å². The van der Waals surface area contributed by atoms with E-state index in [1.807, 2.05) is 0 Å². The minimum atomic E-state index is -3.67. The molecule has 2 heterocycles.